The molecular weight excluding hydrogens is 182 g/mol. The number of esters is 1. The molecule has 1 heterocycles. The van der Waals surface area contributed by atoms with Crippen LogP contribution in [0, 0.1) is 11.8 Å². The minimum absolute atomic E-state index is 0.0251. The lowest BCUT2D eigenvalue weighted by Crippen LogP contribution is -2.39. The van der Waals surface area contributed by atoms with Crippen molar-refractivity contribution in [1.29, 1.82) is 0 Å². The van der Waals surface area contributed by atoms with Gasteiger partial charge >= 0.3 is 5.97 Å². The number of piperidine rings is 1. The molecule has 80 valence electrons. The van der Waals surface area contributed by atoms with Crippen LogP contribution in [0.2, 0.25) is 0 Å². The van der Waals surface area contributed by atoms with E-state index in [4.69, 9.17) is 0 Å². The van der Waals surface area contributed by atoms with Gasteiger partial charge in [-0.3, -0.25) is 9.59 Å². The maximum Gasteiger partial charge on any atom is 0.305 e. The number of hydrogen-bond donors (Lipinski definition) is 1. The maximum atomic E-state index is 11.4. The highest BCUT2D eigenvalue weighted by Gasteiger charge is 2.28. The second-order valence-corrected chi connectivity index (χ2v) is 3.80. The molecule has 0 bridgehead atoms. The Kier molecular flexibility index (Phi) is 3.92. The highest BCUT2D eigenvalue weighted by atomic mass is 16.5. The van der Waals surface area contributed by atoms with E-state index in [0.29, 0.717) is 6.42 Å². The molecule has 1 saturated heterocycles. The number of ether oxygens (including phenoxy) is 1. The van der Waals surface area contributed by atoms with Gasteiger partial charge in [0, 0.05) is 18.9 Å². The molecule has 2 unspecified atom stereocenters. The van der Waals surface area contributed by atoms with Crippen LogP contribution in [0.3, 0.4) is 0 Å². The first-order valence-corrected chi connectivity index (χ1v) is 4.99. The summed E-state index contributed by atoms with van der Waals surface area (Å²) >= 11 is 0. The average molecular weight is 199 g/mol. The molecule has 0 aliphatic carbocycles. The van der Waals surface area contributed by atoms with Gasteiger partial charge in [0.25, 0.3) is 0 Å². The summed E-state index contributed by atoms with van der Waals surface area (Å²) in [6, 6.07) is 0. The lowest BCUT2D eigenvalue weighted by Gasteiger charge is -2.26. The van der Waals surface area contributed by atoms with Crippen LogP contribution in [0.1, 0.15) is 26.2 Å². The molecule has 1 N–H and O–H groups in total. The molecule has 1 rings (SSSR count). The van der Waals surface area contributed by atoms with Crippen LogP contribution in [0.25, 0.3) is 0 Å². The largest absolute Gasteiger partial charge is 0.469 e. The fourth-order valence-electron chi connectivity index (χ4n) is 1.83. The van der Waals surface area contributed by atoms with E-state index in [1.165, 1.54) is 7.11 Å². The molecule has 2 atom stereocenters. The lowest BCUT2D eigenvalue weighted by molar-refractivity contribution is -0.142. The summed E-state index contributed by atoms with van der Waals surface area (Å²) in [6.07, 6.45) is 2.21. The number of rotatable bonds is 3. The Bertz CT molecular complexity index is 227. The number of amides is 1. The molecule has 1 amide bonds. The van der Waals surface area contributed by atoms with Gasteiger partial charge in [-0.25, -0.2) is 0 Å². The van der Waals surface area contributed by atoms with Crippen molar-refractivity contribution in [3.05, 3.63) is 0 Å². The molecular formula is C10H17NO3. The van der Waals surface area contributed by atoms with Gasteiger partial charge in [0.2, 0.25) is 5.91 Å². The summed E-state index contributed by atoms with van der Waals surface area (Å²) in [5.41, 5.74) is 0. The Morgan fingerprint density at radius 3 is 3.00 bits per heavy atom. The summed E-state index contributed by atoms with van der Waals surface area (Å²) in [7, 11) is 1.37. The predicted octanol–water partition coefficient (Wildman–Crippen LogP) is 0.712. The fourth-order valence-corrected chi connectivity index (χ4v) is 1.83. The number of carbonyl (C=O) groups is 2. The second kappa shape index (κ2) is 4.98. The van der Waals surface area contributed by atoms with Crippen LogP contribution in [0.5, 0.6) is 0 Å². The summed E-state index contributed by atoms with van der Waals surface area (Å²) < 4.78 is 4.58. The zero-order chi connectivity index (χ0) is 10.6. The third-order valence-corrected chi connectivity index (χ3v) is 2.73. The summed E-state index contributed by atoms with van der Waals surface area (Å²) in [4.78, 5) is 22.5. The smallest absolute Gasteiger partial charge is 0.305 e. The molecule has 1 aliphatic heterocycles. The SMILES string of the molecule is COC(=O)CC(C)C1CCCNC1=O. The van der Waals surface area contributed by atoms with E-state index in [2.05, 4.69) is 10.1 Å². The van der Waals surface area contributed by atoms with E-state index >= 15 is 0 Å². The van der Waals surface area contributed by atoms with Crippen molar-refractivity contribution >= 4 is 11.9 Å². The van der Waals surface area contributed by atoms with Crippen molar-refractivity contribution in [3.8, 4) is 0 Å². The number of methoxy groups -OCH3 is 1. The molecule has 4 heteroatoms. The highest BCUT2D eigenvalue weighted by Crippen LogP contribution is 2.23. The molecule has 4 nitrogen and oxygen atoms in total. The fraction of sp³-hybridized carbons (Fsp3) is 0.800. The Balaban J connectivity index is 2.45. The van der Waals surface area contributed by atoms with Gasteiger partial charge in [-0.15, -0.1) is 0 Å². The molecule has 0 radical (unpaired) electrons. The first kappa shape index (κ1) is 11.0. The minimum atomic E-state index is -0.240. The van der Waals surface area contributed by atoms with Gasteiger partial charge in [0.1, 0.15) is 0 Å². The molecule has 1 fully saturated rings. The summed E-state index contributed by atoms with van der Waals surface area (Å²) in [5.74, 6) is -0.117. The molecule has 0 aromatic carbocycles. The molecule has 0 aromatic heterocycles. The van der Waals surface area contributed by atoms with Crippen LogP contribution >= 0.6 is 0 Å². The second-order valence-electron chi connectivity index (χ2n) is 3.80. The van der Waals surface area contributed by atoms with Crippen LogP contribution in [-0.2, 0) is 14.3 Å². The molecule has 1 aliphatic rings. The zero-order valence-electron chi connectivity index (χ0n) is 8.71. The van der Waals surface area contributed by atoms with Crippen LogP contribution < -0.4 is 5.32 Å². The number of nitrogens with one attached hydrogen (secondary N) is 1. The summed E-state index contributed by atoms with van der Waals surface area (Å²) in [5, 5.41) is 2.81. The van der Waals surface area contributed by atoms with Crippen LogP contribution in [-0.4, -0.2) is 25.5 Å². The normalized spacial score (nSPS) is 23.9. The molecule has 0 spiro atoms. The van der Waals surface area contributed by atoms with Crippen LogP contribution in [0.4, 0.5) is 0 Å². The van der Waals surface area contributed by atoms with Crippen molar-refractivity contribution in [2.24, 2.45) is 11.8 Å². The van der Waals surface area contributed by atoms with E-state index in [1.54, 1.807) is 0 Å². The first-order chi connectivity index (χ1) is 6.65. The van der Waals surface area contributed by atoms with Crippen LogP contribution in [0.15, 0.2) is 0 Å². The van der Waals surface area contributed by atoms with E-state index in [1.807, 2.05) is 6.92 Å². The van der Waals surface area contributed by atoms with E-state index < -0.39 is 0 Å². The van der Waals surface area contributed by atoms with Crippen molar-refractivity contribution in [2.45, 2.75) is 26.2 Å². The topological polar surface area (TPSA) is 55.4 Å². The van der Waals surface area contributed by atoms with Crippen molar-refractivity contribution in [1.82, 2.24) is 5.32 Å². The Labute approximate surface area is 84.0 Å². The van der Waals surface area contributed by atoms with Crippen molar-refractivity contribution < 1.29 is 14.3 Å². The monoisotopic (exact) mass is 199 g/mol. The van der Waals surface area contributed by atoms with Crippen molar-refractivity contribution in [2.75, 3.05) is 13.7 Å². The van der Waals surface area contributed by atoms with Gasteiger partial charge in [-0.2, -0.15) is 0 Å². The standard InChI is InChI=1S/C10H17NO3/c1-7(6-9(12)14-2)8-4-3-5-11-10(8)13/h7-8H,3-6H2,1-2H3,(H,11,13). The molecule has 0 aromatic rings. The van der Waals surface area contributed by atoms with Gasteiger partial charge in [0.05, 0.1) is 7.11 Å². The minimum Gasteiger partial charge on any atom is -0.469 e. The van der Waals surface area contributed by atoms with E-state index in [-0.39, 0.29) is 23.7 Å². The Hall–Kier alpha value is -1.06. The first-order valence-electron chi connectivity index (χ1n) is 4.99. The predicted molar refractivity (Wildman–Crippen MR) is 51.5 cm³/mol. The Morgan fingerprint density at radius 1 is 1.71 bits per heavy atom. The molecule has 0 saturated carbocycles. The third kappa shape index (κ3) is 2.72. The number of carbonyl (C=O) groups excluding carboxylic acids is 2. The highest BCUT2D eigenvalue weighted by molar-refractivity contribution is 5.80. The van der Waals surface area contributed by atoms with Gasteiger partial charge in [-0.05, 0) is 18.8 Å². The van der Waals surface area contributed by atoms with Crippen molar-refractivity contribution in [3.63, 3.8) is 0 Å². The quantitative estimate of drug-likeness (QED) is 0.681. The third-order valence-electron chi connectivity index (χ3n) is 2.73. The van der Waals surface area contributed by atoms with E-state index in [0.717, 1.165) is 19.4 Å². The summed E-state index contributed by atoms with van der Waals surface area (Å²) in [6.45, 7) is 2.69. The Morgan fingerprint density at radius 2 is 2.43 bits per heavy atom. The number of hydrogen-bond acceptors (Lipinski definition) is 3. The van der Waals surface area contributed by atoms with Gasteiger partial charge < -0.3 is 10.1 Å². The molecule has 14 heavy (non-hydrogen) atoms. The lowest BCUT2D eigenvalue weighted by atomic mass is 9.85. The van der Waals surface area contributed by atoms with Gasteiger partial charge in [0.15, 0.2) is 0 Å². The zero-order valence-corrected chi connectivity index (χ0v) is 8.71. The average Bonchev–Trinajstić information content (AvgIpc) is 2.18. The van der Waals surface area contributed by atoms with Gasteiger partial charge in [-0.1, -0.05) is 6.92 Å². The van der Waals surface area contributed by atoms with E-state index in [9.17, 15) is 9.59 Å². The maximum absolute atomic E-state index is 11.4.